The fourth-order valence-corrected chi connectivity index (χ4v) is 3.11. The summed E-state index contributed by atoms with van der Waals surface area (Å²) in [6.07, 6.45) is -4.80. The van der Waals surface area contributed by atoms with Crippen molar-refractivity contribution in [1.29, 1.82) is 0 Å². The van der Waals surface area contributed by atoms with Crippen molar-refractivity contribution < 1.29 is 32.3 Å². The largest absolute Gasteiger partial charge is 0.471 e. The van der Waals surface area contributed by atoms with Gasteiger partial charge in [-0.1, -0.05) is 30.3 Å². The zero-order valence-corrected chi connectivity index (χ0v) is 16.2. The number of fused-ring (bicyclic) bond motifs is 1. The third-order valence-corrected chi connectivity index (χ3v) is 4.66. The Morgan fingerprint density at radius 1 is 0.903 bits per heavy atom. The van der Waals surface area contributed by atoms with E-state index in [-0.39, 0.29) is 31.6 Å². The molecule has 0 saturated carbocycles. The molecule has 7 nitrogen and oxygen atoms in total. The molecule has 2 aromatic rings. The topological polar surface area (TPSA) is 95.6 Å². The third kappa shape index (κ3) is 5.08. The maximum absolute atomic E-state index is 12.5. The van der Waals surface area contributed by atoms with E-state index in [1.54, 1.807) is 35.6 Å². The van der Waals surface area contributed by atoms with Crippen LogP contribution in [0.25, 0.3) is 0 Å². The highest BCUT2D eigenvalue weighted by molar-refractivity contribution is 6.21. The average Bonchev–Trinajstić information content (AvgIpc) is 2.97. The first-order valence-corrected chi connectivity index (χ1v) is 9.36. The van der Waals surface area contributed by atoms with Crippen LogP contribution in [0.5, 0.6) is 0 Å². The minimum Gasteiger partial charge on any atom is -0.352 e. The molecular formula is C21H18F3N3O4. The van der Waals surface area contributed by atoms with Crippen LogP contribution in [0.15, 0.2) is 48.5 Å². The molecule has 0 radical (unpaired) electrons. The van der Waals surface area contributed by atoms with Gasteiger partial charge in [0, 0.05) is 25.2 Å². The van der Waals surface area contributed by atoms with Gasteiger partial charge in [-0.15, -0.1) is 0 Å². The number of rotatable bonds is 7. The van der Waals surface area contributed by atoms with Gasteiger partial charge in [0.15, 0.2) is 0 Å². The normalized spacial score (nSPS) is 13.2. The molecule has 0 aliphatic carbocycles. The van der Waals surface area contributed by atoms with Crippen LogP contribution in [0.3, 0.4) is 0 Å². The van der Waals surface area contributed by atoms with Gasteiger partial charge < -0.3 is 10.6 Å². The summed E-state index contributed by atoms with van der Waals surface area (Å²) >= 11 is 0. The Morgan fingerprint density at radius 2 is 1.48 bits per heavy atom. The van der Waals surface area contributed by atoms with Crippen LogP contribution < -0.4 is 10.6 Å². The van der Waals surface area contributed by atoms with E-state index in [4.69, 9.17) is 0 Å². The standard InChI is InChI=1S/C21H18F3N3O4/c22-21(23,24)20(31)26-16-9-4-1-6-13(16)12-25-17(28)10-5-11-27-18(29)14-7-2-3-8-15(14)19(27)30/h1-4,6-9H,5,10-12H2,(H,25,28)(H,26,31). The van der Waals surface area contributed by atoms with Gasteiger partial charge in [0.05, 0.1) is 11.1 Å². The molecule has 0 atom stereocenters. The van der Waals surface area contributed by atoms with Crippen molar-refractivity contribution >= 4 is 29.3 Å². The van der Waals surface area contributed by atoms with Crippen LogP contribution in [-0.2, 0) is 16.1 Å². The van der Waals surface area contributed by atoms with Crippen LogP contribution >= 0.6 is 0 Å². The second-order valence-corrected chi connectivity index (χ2v) is 6.80. The van der Waals surface area contributed by atoms with E-state index in [1.807, 2.05) is 0 Å². The Kier molecular flexibility index (Phi) is 6.38. The lowest BCUT2D eigenvalue weighted by Crippen LogP contribution is -2.32. The van der Waals surface area contributed by atoms with Gasteiger partial charge in [-0.25, -0.2) is 0 Å². The highest BCUT2D eigenvalue weighted by Crippen LogP contribution is 2.23. The van der Waals surface area contributed by atoms with E-state index in [2.05, 4.69) is 5.32 Å². The summed E-state index contributed by atoms with van der Waals surface area (Å²) in [4.78, 5) is 48.9. The van der Waals surface area contributed by atoms with Gasteiger partial charge in [0.2, 0.25) is 5.91 Å². The lowest BCUT2D eigenvalue weighted by atomic mass is 10.1. The number of anilines is 1. The van der Waals surface area contributed by atoms with Crippen molar-refractivity contribution in [1.82, 2.24) is 10.2 Å². The third-order valence-electron chi connectivity index (χ3n) is 4.66. The minimum atomic E-state index is -5.03. The number of carbonyl (C=O) groups is 4. The Hall–Kier alpha value is -3.69. The molecular weight excluding hydrogens is 415 g/mol. The Morgan fingerprint density at radius 3 is 2.10 bits per heavy atom. The molecule has 10 heteroatoms. The fourth-order valence-electron chi connectivity index (χ4n) is 3.11. The number of alkyl halides is 3. The number of benzene rings is 2. The van der Waals surface area contributed by atoms with Crippen molar-refractivity contribution in [2.75, 3.05) is 11.9 Å². The molecule has 0 bridgehead atoms. The zero-order valence-electron chi connectivity index (χ0n) is 16.2. The number of nitrogens with one attached hydrogen (secondary N) is 2. The number of amides is 4. The Labute approximate surface area is 175 Å². The molecule has 0 aromatic heterocycles. The molecule has 0 spiro atoms. The molecule has 2 N–H and O–H groups in total. The molecule has 3 rings (SSSR count). The van der Waals surface area contributed by atoms with Crippen molar-refractivity contribution in [2.24, 2.45) is 0 Å². The van der Waals surface area contributed by atoms with E-state index < -0.39 is 29.8 Å². The van der Waals surface area contributed by atoms with Gasteiger partial charge in [-0.05, 0) is 30.2 Å². The van der Waals surface area contributed by atoms with Gasteiger partial charge in [0.1, 0.15) is 0 Å². The summed E-state index contributed by atoms with van der Waals surface area (Å²) in [5.41, 5.74) is 0.897. The fraction of sp³-hybridized carbons (Fsp3) is 0.238. The van der Waals surface area contributed by atoms with Crippen molar-refractivity contribution in [3.63, 3.8) is 0 Å². The van der Waals surface area contributed by atoms with Crippen LogP contribution in [0, 0.1) is 0 Å². The molecule has 0 unspecified atom stereocenters. The van der Waals surface area contributed by atoms with Crippen LogP contribution in [0.2, 0.25) is 0 Å². The molecule has 31 heavy (non-hydrogen) atoms. The monoisotopic (exact) mass is 433 g/mol. The number of para-hydroxylation sites is 1. The maximum atomic E-state index is 12.5. The van der Waals surface area contributed by atoms with E-state index in [0.29, 0.717) is 16.7 Å². The first kappa shape index (κ1) is 22.0. The summed E-state index contributed by atoms with van der Waals surface area (Å²) in [5, 5.41) is 4.33. The second-order valence-electron chi connectivity index (χ2n) is 6.80. The molecule has 4 amide bonds. The van der Waals surface area contributed by atoms with E-state index in [1.165, 1.54) is 18.2 Å². The average molecular weight is 433 g/mol. The predicted molar refractivity (Wildman–Crippen MR) is 104 cm³/mol. The van der Waals surface area contributed by atoms with Gasteiger partial charge in [-0.2, -0.15) is 13.2 Å². The number of carbonyl (C=O) groups excluding carboxylic acids is 4. The highest BCUT2D eigenvalue weighted by atomic mass is 19.4. The number of hydrogen-bond acceptors (Lipinski definition) is 4. The van der Waals surface area contributed by atoms with Crippen LogP contribution in [0.4, 0.5) is 18.9 Å². The zero-order chi connectivity index (χ0) is 22.6. The second kappa shape index (κ2) is 8.99. The smallest absolute Gasteiger partial charge is 0.352 e. The molecule has 1 heterocycles. The lowest BCUT2D eigenvalue weighted by Gasteiger charge is -2.14. The van der Waals surface area contributed by atoms with Gasteiger partial charge in [-0.3, -0.25) is 24.1 Å². The Bertz CT molecular complexity index is 1000. The van der Waals surface area contributed by atoms with Gasteiger partial charge >= 0.3 is 12.1 Å². The summed E-state index contributed by atoms with van der Waals surface area (Å²) in [7, 11) is 0. The van der Waals surface area contributed by atoms with Gasteiger partial charge in [0.25, 0.3) is 11.8 Å². The number of hydrogen-bond donors (Lipinski definition) is 2. The van der Waals surface area contributed by atoms with Crippen LogP contribution in [0.1, 0.15) is 39.1 Å². The summed E-state index contributed by atoms with van der Waals surface area (Å²) in [5.74, 6) is -3.33. The summed E-state index contributed by atoms with van der Waals surface area (Å²) < 4.78 is 37.4. The first-order valence-electron chi connectivity index (χ1n) is 9.36. The molecule has 162 valence electrons. The van der Waals surface area contributed by atoms with Crippen LogP contribution in [-0.4, -0.2) is 41.2 Å². The predicted octanol–water partition coefficient (Wildman–Crippen LogP) is 2.88. The van der Waals surface area contributed by atoms with E-state index >= 15 is 0 Å². The van der Waals surface area contributed by atoms with Crippen molar-refractivity contribution in [2.45, 2.75) is 25.6 Å². The maximum Gasteiger partial charge on any atom is 0.471 e. The number of nitrogens with zero attached hydrogens (tertiary/aromatic N) is 1. The summed E-state index contributed by atoms with van der Waals surface area (Å²) in [6.45, 7) is -0.0296. The Balaban J connectivity index is 1.49. The molecule has 1 aliphatic rings. The highest BCUT2D eigenvalue weighted by Gasteiger charge is 2.39. The molecule has 0 fully saturated rings. The number of imide groups is 1. The molecule has 0 saturated heterocycles. The van der Waals surface area contributed by atoms with Crippen molar-refractivity contribution in [3.8, 4) is 0 Å². The molecule has 2 aromatic carbocycles. The minimum absolute atomic E-state index is 0.00445. The summed E-state index contributed by atoms with van der Waals surface area (Å²) in [6, 6.07) is 12.3. The molecule has 1 aliphatic heterocycles. The van der Waals surface area contributed by atoms with E-state index in [0.717, 1.165) is 4.90 Å². The van der Waals surface area contributed by atoms with E-state index in [9.17, 15) is 32.3 Å². The quantitative estimate of drug-likeness (QED) is 0.657. The van der Waals surface area contributed by atoms with Crippen molar-refractivity contribution in [3.05, 3.63) is 65.2 Å². The lowest BCUT2D eigenvalue weighted by molar-refractivity contribution is -0.167. The number of halogens is 3. The SMILES string of the molecule is O=C(CCCN1C(=O)c2ccccc2C1=O)NCc1ccccc1NC(=O)C(F)(F)F. The first-order chi connectivity index (χ1) is 14.7.